The zero-order valence-corrected chi connectivity index (χ0v) is 10.8. The smallest absolute Gasteiger partial charge is 0.265 e. The maximum absolute atomic E-state index is 11.8. The molecule has 0 bridgehead atoms. The van der Waals surface area contributed by atoms with Gasteiger partial charge in [0.2, 0.25) is 5.91 Å². The second-order valence-electron chi connectivity index (χ2n) is 3.95. The molecule has 0 saturated heterocycles. The van der Waals surface area contributed by atoms with Crippen molar-refractivity contribution in [1.29, 1.82) is 0 Å². The highest BCUT2D eigenvalue weighted by Gasteiger charge is 2.27. The molecule has 0 spiro atoms. The van der Waals surface area contributed by atoms with Crippen molar-refractivity contribution in [3.63, 3.8) is 0 Å². The van der Waals surface area contributed by atoms with E-state index in [1.54, 1.807) is 18.2 Å². The number of carbonyl (C=O) groups excluding carboxylic acids is 2. The lowest BCUT2D eigenvalue weighted by Gasteiger charge is -2.28. The van der Waals surface area contributed by atoms with Crippen LogP contribution in [-0.4, -0.2) is 43.2 Å². The van der Waals surface area contributed by atoms with Gasteiger partial charge in [-0.1, -0.05) is 11.6 Å². The Morgan fingerprint density at radius 2 is 2.32 bits per heavy atom. The van der Waals surface area contributed by atoms with Crippen LogP contribution in [-0.2, 0) is 9.59 Å². The van der Waals surface area contributed by atoms with Crippen LogP contribution < -0.4 is 15.0 Å². The Kier molecular flexibility index (Phi) is 4.24. The number of fused-ring (bicyclic) bond motifs is 1. The van der Waals surface area contributed by atoms with Gasteiger partial charge in [-0.25, -0.2) is 0 Å². The first kappa shape index (κ1) is 13.6. The second kappa shape index (κ2) is 5.90. The quantitative estimate of drug-likeness (QED) is 0.826. The van der Waals surface area contributed by atoms with Crippen LogP contribution in [0.15, 0.2) is 18.2 Å². The molecule has 0 unspecified atom stereocenters. The van der Waals surface area contributed by atoms with Crippen molar-refractivity contribution in [3.05, 3.63) is 23.2 Å². The van der Waals surface area contributed by atoms with Gasteiger partial charge in [-0.2, -0.15) is 0 Å². The minimum absolute atomic E-state index is 0.109. The van der Waals surface area contributed by atoms with Crippen molar-refractivity contribution in [1.82, 2.24) is 5.32 Å². The standard InChI is InChI=1S/C12H13ClN2O4/c13-8-1-2-10-9(5-8)15(12(18)7-19-10)6-11(17)14-3-4-16/h1-2,5,16H,3-4,6-7H2,(H,14,17). The summed E-state index contributed by atoms with van der Waals surface area (Å²) in [7, 11) is 0. The molecule has 102 valence electrons. The topological polar surface area (TPSA) is 78.9 Å². The molecule has 1 aromatic carbocycles. The summed E-state index contributed by atoms with van der Waals surface area (Å²) in [5.74, 6) is -0.150. The lowest BCUT2D eigenvalue weighted by atomic mass is 10.2. The van der Waals surface area contributed by atoms with Crippen LogP contribution in [0.2, 0.25) is 5.02 Å². The minimum Gasteiger partial charge on any atom is -0.482 e. The Morgan fingerprint density at radius 3 is 3.05 bits per heavy atom. The lowest BCUT2D eigenvalue weighted by Crippen LogP contribution is -2.45. The van der Waals surface area contributed by atoms with Gasteiger partial charge in [0.15, 0.2) is 6.61 Å². The lowest BCUT2D eigenvalue weighted by molar-refractivity contribution is -0.125. The number of hydrogen-bond acceptors (Lipinski definition) is 4. The Bertz CT molecular complexity index is 507. The fourth-order valence-electron chi connectivity index (χ4n) is 1.74. The van der Waals surface area contributed by atoms with E-state index in [9.17, 15) is 9.59 Å². The van der Waals surface area contributed by atoms with Crippen molar-refractivity contribution in [2.45, 2.75) is 0 Å². The van der Waals surface area contributed by atoms with Crippen LogP contribution in [0, 0.1) is 0 Å². The zero-order chi connectivity index (χ0) is 13.8. The summed E-state index contributed by atoms with van der Waals surface area (Å²) in [6, 6.07) is 4.89. The molecular formula is C12H13ClN2O4. The van der Waals surface area contributed by atoms with E-state index in [2.05, 4.69) is 5.32 Å². The SMILES string of the molecule is O=C(CN1C(=O)COc2ccc(Cl)cc21)NCCO. The van der Waals surface area contributed by atoms with Gasteiger partial charge in [0.25, 0.3) is 5.91 Å². The molecule has 0 aromatic heterocycles. The van der Waals surface area contributed by atoms with Gasteiger partial charge in [-0.15, -0.1) is 0 Å². The van der Waals surface area contributed by atoms with Gasteiger partial charge in [0.1, 0.15) is 12.3 Å². The van der Waals surface area contributed by atoms with Crippen molar-refractivity contribution in [3.8, 4) is 5.75 Å². The second-order valence-corrected chi connectivity index (χ2v) is 4.39. The maximum Gasteiger partial charge on any atom is 0.265 e. The maximum atomic E-state index is 11.8. The molecule has 7 heteroatoms. The van der Waals surface area contributed by atoms with E-state index >= 15 is 0 Å². The van der Waals surface area contributed by atoms with E-state index in [1.165, 1.54) is 4.90 Å². The fraction of sp³-hybridized carbons (Fsp3) is 0.333. The number of carbonyl (C=O) groups is 2. The third-order valence-corrected chi connectivity index (χ3v) is 2.83. The first-order valence-corrected chi connectivity index (χ1v) is 6.10. The molecule has 1 aromatic rings. The molecule has 1 aliphatic heterocycles. The Hall–Kier alpha value is -1.79. The summed E-state index contributed by atoms with van der Waals surface area (Å²) in [6.07, 6.45) is 0. The third-order valence-electron chi connectivity index (χ3n) is 2.60. The average Bonchev–Trinajstić information content (AvgIpc) is 2.40. The van der Waals surface area contributed by atoms with Crippen molar-refractivity contribution in [2.75, 3.05) is 31.2 Å². The predicted octanol–water partition coefficient (Wildman–Crippen LogP) is 0.174. The van der Waals surface area contributed by atoms with Gasteiger partial charge < -0.3 is 15.2 Å². The number of anilines is 1. The average molecular weight is 285 g/mol. The van der Waals surface area contributed by atoms with E-state index in [4.69, 9.17) is 21.4 Å². The number of halogens is 1. The third kappa shape index (κ3) is 3.15. The number of aliphatic hydroxyl groups is 1. The monoisotopic (exact) mass is 284 g/mol. The van der Waals surface area contributed by atoms with Gasteiger partial charge in [-0.3, -0.25) is 14.5 Å². The van der Waals surface area contributed by atoms with Crippen LogP contribution in [0.25, 0.3) is 0 Å². The van der Waals surface area contributed by atoms with Crippen LogP contribution in [0.4, 0.5) is 5.69 Å². The number of nitrogens with zero attached hydrogens (tertiary/aromatic N) is 1. The van der Waals surface area contributed by atoms with Crippen molar-refractivity contribution < 1.29 is 19.4 Å². The van der Waals surface area contributed by atoms with Crippen LogP contribution in [0.5, 0.6) is 5.75 Å². The number of ether oxygens (including phenoxy) is 1. The molecule has 19 heavy (non-hydrogen) atoms. The Morgan fingerprint density at radius 1 is 1.53 bits per heavy atom. The molecular weight excluding hydrogens is 272 g/mol. The molecule has 0 fully saturated rings. The van der Waals surface area contributed by atoms with Gasteiger partial charge >= 0.3 is 0 Å². The van der Waals surface area contributed by atoms with E-state index in [0.29, 0.717) is 16.5 Å². The molecule has 0 radical (unpaired) electrons. The van der Waals surface area contributed by atoms with E-state index in [0.717, 1.165) is 0 Å². The molecule has 2 rings (SSSR count). The summed E-state index contributed by atoms with van der Waals surface area (Å²) >= 11 is 5.88. The minimum atomic E-state index is -0.352. The Balaban J connectivity index is 2.18. The number of nitrogens with one attached hydrogen (secondary N) is 1. The van der Waals surface area contributed by atoms with Gasteiger partial charge in [-0.05, 0) is 18.2 Å². The van der Waals surface area contributed by atoms with E-state index < -0.39 is 0 Å². The first-order valence-electron chi connectivity index (χ1n) is 5.72. The highest BCUT2D eigenvalue weighted by Crippen LogP contribution is 2.34. The van der Waals surface area contributed by atoms with Gasteiger partial charge in [0.05, 0.1) is 12.3 Å². The van der Waals surface area contributed by atoms with Crippen molar-refractivity contribution in [2.24, 2.45) is 0 Å². The molecule has 0 saturated carbocycles. The van der Waals surface area contributed by atoms with Gasteiger partial charge in [0, 0.05) is 11.6 Å². The molecule has 6 nitrogen and oxygen atoms in total. The van der Waals surface area contributed by atoms with E-state index in [-0.39, 0.29) is 38.1 Å². The molecule has 0 atom stereocenters. The van der Waals surface area contributed by atoms with Crippen LogP contribution in [0.1, 0.15) is 0 Å². The number of amides is 2. The fourth-order valence-corrected chi connectivity index (χ4v) is 1.91. The zero-order valence-electron chi connectivity index (χ0n) is 10.1. The van der Waals surface area contributed by atoms with Crippen LogP contribution in [0.3, 0.4) is 0 Å². The highest BCUT2D eigenvalue weighted by atomic mass is 35.5. The summed E-state index contributed by atoms with van der Waals surface area (Å²) in [5, 5.41) is 11.6. The molecule has 2 amide bonds. The number of aliphatic hydroxyl groups excluding tert-OH is 1. The van der Waals surface area contributed by atoms with Crippen LogP contribution >= 0.6 is 11.6 Å². The van der Waals surface area contributed by atoms with E-state index in [1.807, 2.05) is 0 Å². The highest BCUT2D eigenvalue weighted by molar-refractivity contribution is 6.31. The summed E-state index contributed by atoms with van der Waals surface area (Å²) in [5.41, 5.74) is 0.475. The summed E-state index contributed by atoms with van der Waals surface area (Å²) < 4.78 is 5.26. The molecule has 2 N–H and O–H groups in total. The summed E-state index contributed by atoms with van der Waals surface area (Å²) in [6.45, 7) is -0.234. The molecule has 0 aliphatic carbocycles. The Labute approximate surface area is 114 Å². The predicted molar refractivity (Wildman–Crippen MR) is 69.4 cm³/mol. The summed E-state index contributed by atoms with van der Waals surface area (Å²) in [4.78, 5) is 24.7. The molecule has 1 aliphatic rings. The molecule has 1 heterocycles. The number of hydrogen-bond donors (Lipinski definition) is 2. The number of benzene rings is 1. The normalized spacial score (nSPS) is 13.8. The largest absolute Gasteiger partial charge is 0.482 e. The number of rotatable bonds is 4. The van der Waals surface area contributed by atoms with Crippen molar-refractivity contribution >= 4 is 29.1 Å². The first-order chi connectivity index (χ1) is 9.11.